The van der Waals surface area contributed by atoms with Crippen molar-refractivity contribution in [3.05, 3.63) is 46.7 Å². The number of rotatable bonds is 3. The Hall–Kier alpha value is -2.63. The van der Waals surface area contributed by atoms with Gasteiger partial charge in [0.2, 0.25) is 5.89 Å². The molecule has 2 N–H and O–H groups in total. The molecule has 2 heterocycles. The van der Waals surface area contributed by atoms with Gasteiger partial charge in [-0.1, -0.05) is 17.3 Å². The van der Waals surface area contributed by atoms with E-state index in [-0.39, 0.29) is 11.9 Å². The van der Waals surface area contributed by atoms with Gasteiger partial charge in [0.1, 0.15) is 6.04 Å². The first-order chi connectivity index (χ1) is 10.5. The second kappa shape index (κ2) is 5.29. The van der Waals surface area contributed by atoms with Gasteiger partial charge in [-0.15, -0.1) is 0 Å². The number of fused-ring (bicyclic) bond motifs is 1. The molecule has 0 radical (unpaired) electrons. The molecule has 0 spiro atoms. The van der Waals surface area contributed by atoms with Crippen molar-refractivity contribution in [2.24, 2.45) is 0 Å². The molecular weight excluding hydrogens is 280 g/mol. The van der Waals surface area contributed by atoms with E-state index < -0.39 is 0 Å². The summed E-state index contributed by atoms with van der Waals surface area (Å²) in [4.78, 5) is 20.0. The lowest BCUT2D eigenvalue weighted by atomic mass is 10.1. The van der Waals surface area contributed by atoms with Gasteiger partial charge < -0.3 is 14.8 Å². The zero-order valence-electron chi connectivity index (χ0n) is 13.0. The van der Waals surface area contributed by atoms with Crippen LogP contribution in [0.3, 0.4) is 0 Å². The van der Waals surface area contributed by atoms with Crippen LogP contribution in [0.25, 0.3) is 10.9 Å². The molecule has 3 rings (SSSR count). The van der Waals surface area contributed by atoms with Crippen molar-refractivity contribution >= 4 is 16.8 Å². The van der Waals surface area contributed by atoms with Crippen LogP contribution >= 0.6 is 0 Å². The number of para-hydroxylation sites is 1. The number of H-pyrrole nitrogens is 1. The molecule has 0 aliphatic carbocycles. The Morgan fingerprint density at radius 2 is 2.09 bits per heavy atom. The molecular formula is C16H18N4O2. The van der Waals surface area contributed by atoms with Crippen LogP contribution in [-0.4, -0.2) is 21.0 Å². The summed E-state index contributed by atoms with van der Waals surface area (Å²) < 4.78 is 5.09. The number of aromatic amines is 1. The average Bonchev–Trinajstić information content (AvgIpc) is 3.04. The molecule has 1 amide bonds. The maximum absolute atomic E-state index is 12.5. The summed E-state index contributed by atoms with van der Waals surface area (Å²) in [5, 5.41) is 7.69. The molecule has 0 saturated heterocycles. The quantitative estimate of drug-likeness (QED) is 0.778. The fraction of sp³-hybridized carbons (Fsp3) is 0.312. The van der Waals surface area contributed by atoms with Crippen molar-refractivity contribution < 1.29 is 9.32 Å². The van der Waals surface area contributed by atoms with Gasteiger partial charge in [-0.3, -0.25) is 4.79 Å². The van der Waals surface area contributed by atoms with E-state index in [9.17, 15) is 4.79 Å². The Labute approximate surface area is 127 Å². The normalized spacial score (nSPS) is 12.5. The first-order valence-corrected chi connectivity index (χ1v) is 7.16. The highest BCUT2D eigenvalue weighted by Gasteiger charge is 2.19. The fourth-order valence-electron chi connectivity index (χ4n) is 2.50. The minimum absolute atomic E-state index is 0.171. The summed E-state index contributed by atoms with van der Waals surface area (Å²) in [5.74, 6) is 0.779. The van der Waals surface area contributed by atoms with Crippen LogP contribution in [0.4, 0.5) is 0 Å². The number of nitrogens with zero attached hydrogens (tertiary/aromatic N) is 2. The monoisotopic (exact) mass is 298 g/mol. The van der Waals surface area contributed by atoms with Crippen LogP contribution < -0.4 is 5.32 Å². The lowest BCUT2D eigenvalue weighted by Gasteiger charge is -2.10. The molecule has 1 atom stereocenters. The molecule has 3 aromatic rings. The lowest BCUT2D eigenvalue weighted by Crippen LogP contribution is -2.27. The molecule has 1 aromatic carbocycles. The van der Waals surface area contributed by atoms with Crippen LogP contribution in [0, 0.1) is 20.8 Å². The predicted molar refractivity (Wildman–Crippen MR) is 82.7 cm³/mol. The third-order valence-corrected chi connectivity index (χ3v) is 3.85. The van der Waals surface area contributed by atoms with Gasteiger partial charge in [-0.25, -0.2) is 0 Å². The number of benzene rings is 1. The van der Waals surface area contributed by atoms with E-state index in [0.717, 1.165) is 22.2 Å². The minimum atomic E-state index is -0.346. The number of aromatic nitrogens is 3. The third kappa shape index (κ3) is 2.36. The molecule has 0 aliphatic rings. The van der Waals surface area contributed by atoms with E-state index in [2.05, 4.69) is 20.4 Å². The van der Waals surface area contributed by atoms with Gasteiger partial charge in [0.05, 0.1) is 11.1 Å². The average molecular weight is 298 g/mol. The summed E-state index contributed by atoms with van der Waals surface area (Å²) in [6, 6.07) is 5.36. The Morgan fingerprint density at radius 3 is 2.77 bits per heavy atom. The highest BCUT2D eigenvalue weighted by Crippen LogP contribution is 2.24. The van der Waals surface area contributed by atoms with Crippen molar-refractivity contribution in [1.29, 1.82) is 0 Å². The van der Waals surface area contributed by atoms with Gasteiger partial charge in [0.25, 0.3) is 5.91 Å². The Bertz CT molecular complexity index is 847. The second-order valence-corrected chi connectivity index (χ2v) is 5.48. The summed E-state index contributed by atoms with van der Waals surface area (Å²) >= 11 is 0. The van der Waals surface area contributed by atoms with Crippen LogP contribution in [0.15, 0.2) is 22.7 Å². The van der Waals surface area contributed by atoms with E-state index in [0.29, 0.717) is 17.3 Å². The Kier molecular flexibility index (Phi) is 3.44. The largest absolute Gasteiger partial charge is 0.358 e. The third-order valence-electron chi connectivity index (χ3n) is 3.85. The van der Waals surface area contributed by atoms with Crippen molar-refractivity contribution in [3.63, 3.8) is 0 Å². The molecule has 22 heavy (non-hydrogen) atoms. The fourth-order valence-corrected chi connectivity index (χ4v) is 2.50. The van der Waals surface area contributed by atoms with Gasteiger partial charge in [-0.05, 0) is 39.3 Å². The standard InChI is InChI=1S/C16H18N4O2/c1-8-9(2)17-14-12(8)6-5-7-13(14)15(21)18-10(3)16-19-11(4)20-22-16/h5-7,10,17H,1-4H3,(H,18,21). The number of hydrogen-bond acceptors (Lipinski definition) is 4. The highest BCUT2D eigenvalue weighted by molar-refractivity contribution is 6.06. The van der Waals surface area contributed by atoms with Gasteiger partial charge in [-0.2, -0.15) is 4.98 Å². The minimum Gasteiger partial charge on any atom is -0.358 e. The first kappa shape index (κ1) is 14.3. The molecule has 0 fully saturated rings. The van der Waals surface area contributed by atoms with E-state index in [1.54, 1.807) is 13.0 Å². The van der Waals surface area contributed by atoms with Gasteiger partial charge in [0, 0.05) is 11.1 Å². The SMILES string of the molecule is Cc1noc(C(C)NC(=O)c2cccc3c(C)c(C)[nH]c23)n1. The molecule has 0 bridgehead atoms. The maximum Gasteiger partial charge on any atom is 0.254 e. The smallest absolute Gasteiger partial charge is 0.254 e. The number of carbonyl (C=O) groups is 1. The maximum atomic E-state index is 12.5. The molecule has 0 saturated carbocycles. The number of amides is 1. The molecule has 0 aliphatic heterocycles. The zero-order chi connectivity index (χ0) is 15.9. The van der Waals surface area contributed by atoms with Crippen molar-refractivity contribution in [2.45, 2.75) is 33.7 Å². The highest BCUT2D eigenvalue weighted by atomic mass is 16.5. The van der Waals surface area contributed by atoms with Crippen molar-refractivity contribution in [1.82, 2.24) is 20.4 Å². The van der Waals surface area contributed by atoms with E-state index in [1.807, 2.05) is 32.9 Å². The van der Waals surface area contributed by atoms with Crippen molar-refractivity contribution in [3.8, 4) is 0 Å². The number of aryl methyl sites for hydroxylation is 3. The van der Waals surface area contributed by atoms with Crippen molar-refractivity contribution in [2.75, 3.05) is 0 Å². The molecule has 114 valence electrons. The van der Waals surface area contributed by atoms with Crippen LogP contribution in [0.2, 0.25) is 0 Å². The lowest BCUT2D eigenvalue weighted by molar-refractivity contribution is 0.0934. The van der Waals surface area contributed by atoms with Gasteiger partial charge in [0.15, 0.2) is 5.82 Å². The molecule has 6 heteroatoms. The zero-order valence-corrected chi connectivity index (χ0v) is 13.0. The predicted octanol–water partition coefficient (Wildman–Crippen LogP) is 2.97. The molecule has 6 nitrogen and oxygen atoms in total. The van der Waals surface area contributed by atoms with Crippen LogP contribution in [-0.2, 0) is 0 Å². The van der Waals surface area contributed by atoms with Crippen LogP contribution in [0.1, 0.15) is 46.3 Å². The number of hydrogen-bond donors (Lipinski definition) is 2. The molecule has 2 aromatic heterocycles. The van der Waals surface area contributed by atoms with Gasteiger partial charge >= 0.3 is 0 Å². The number of nitrogens with one attached hydrogen (secondary N) is 2. The summed E-state index contributed by atoms with van der Waals surface area (Å²) in [5.41, 5.74) is 3.68. The van der Waals surface area contributed by atoms with E-state index in [1.165, 1.54) is 0 Å². The van der Waals surface area contributed by atoms with E-state index in [4.69, 9.17) is 4.52 Å². The topological polar surface area (TPSA) is 83.8 Å². The Balaban J connectivity index is 1.91. The van der Waals surface area contributed by atoms with E-state index >= 15 is 0 Å². The Morgan fingerprint density at radius 1 is 1.32 bits per heavy atom. The summed E-state index contributed by atoms with van der Waals surface area (Å²) in [7, 11) is 0. The first-order valence-electron chi connectivity index (χ1n) is 7.16. The van der Waals surface area contributed by atoms with Crippen LogP contribution in [0.5, 0.6) is 0 Å². The molecule has 1 unspecified atom stereocenters. The second-order valence-electron chi connectivity index (χ2n) is 5.48. The number of carbonyl (C=O) groups excluding carboxylic acids is 1. The summed E-state index contributed by atoms with van der Waals surface area (Å²) in [6.45, 7) is 7.60. The summed E-state index contributed by atoms with van der Waals surface area (Å²) in [6.07, 6.45) is 0.